The van der Waals surface area contributed by atoms with Crippen LogP contribution >= 0.6 is 0 Å². The Labute approximate surface area is 158 Å². The summed E-state index contributed by atoms with van der Waals surface area (Å²) in [7, 11) is -3.62. The molecule has 8 nitrogen and oxygen atoms in total. The monoisotopic (exact) mass is 392 g/mol. The highest BCUT2D eigenvalue weighted by Gasteiger charge is 2.33. The van der Waals surface area contributed by atoms with E-state index in [0.717, 1.165) is 25.7 Å². The number of rotatable bonds is 4. The molecular weight excluding hydrogens is 368 g/mol. The molecule has 1 saturated carbocycles. The average molecular weight is 392 g/mol. The van der Waals surface area contributed by atoms with Gasteiger partial charge in [-0.3, -0.25) is 9.48 Å². The molecule has 4 rings (SSSR count). The second-order valence-corrected chi connectivity index (χ2v) is 9.08. The Morgan fingerprint density at radius 2 is 1.89 bits per heavy atom. The van der Waals surface area contributed by atoms with Gasteiger partial charge in [-0.05, 0) is 31.9 Å². The lowest BCUT2D eigenvalue weighted by Crippen LogP contribution is -2.50. The first-order valence-corrected chi connectivity index (χ1v) is 10.8. The van der Waals surface area contributed by atoms with Gasteiger partial charge in [0.25, 0.3) is 5.91 Å². The van der Waals surface area contributed by atoms with Crippen molar-refractivity contribution < 1.29 is 17.6 Å². The van der Waals surface area contributed by atoms with E-state index in [1.165, 1.54) is 10.6 Å². The number of nitrogens with zero attached hydrogens (tertiary/aromatic N) is 4. The van der Waals surface area contributed by atoms with Gasteiger partial charge in [0.2, 0.25) is 10.0 Å². The van der Waals surface area contributed by atoms with Gasteiger partial charge >= 0.3 is 0 Å². The first-order valence-electron chi connectivity index (χ1n) is 9.35. The third kappa shape index (κ3) is 3.41. The summed E-state index contributed by atoms with van der Waals surface area (Å²) in [6.45, 7) is 2.96. The van der Waals surface area contributed by atoms with Crippen molar-refractivity contribution in [2.45, 2.75) is 43.5 Å². The van der Waals surface area contributed by atoms with E-state index in [1.54, 1.807) is 30.2 Å². The Hall–Kier alpha value is -2.13. The van der Waals surface area contributed by atoms with Gasteiger partial charge in [-0.15, -0.1) is 0 Å². The number of amides is 1. The maximum Gasteiger partial charge on any atom is 0.289 e. The van der Waals surface area contributed by atoms with Crippen LogP contribution < -0.4 is 0 Å². The first-order chi connectivity index (χ1) is 13.0. The third-order valence-electron chi connectivity index (χ3n) is 5.45. The molecule has 0 atom stereocenters. The number of aryl methyl sites for hydroxylation is 1. The highest BCUT2D eigenvalue weighted by atomic mass is 32.2. The lowest BCUT2D eigenvalue weighted by molar-refractivity contribution is 0.0666. The lowest BCUT2D eigenvalue weighted by atomic mass is 10.3. The molecule has 1 aliphatic heterocycles. The smallest absolute Gasteiger partial charge is 0.289 e. The fourth-order valence-corrected chi connectivity index (χ4v) is 5.48. The van der Waals surface area contributed by atoms with Crippen molar-refractivity contribution in [1.82, 2.24) is 19.0 Å². The standard InChI is InChI=1S/C18H24N4O4S/c1-14-17(13-22(19-14)15-5-2-3-6-15)27(24,25)21-10-8-20(9-11-21)18(23)16-7-4-12-26-16/h4,7,12-13,15H,2-3,5-6,8-11H2,1H3. The number of furan rings is 1. The molecule has 1 saturated heterocycles. The largest absolute Gasteiger partial charge is 0.459 e. The van der Waals surface area contributed by atoms with Gasteiger partial charge in [0, 0.05) is 32.4 Å². The molecule has 0 spiro atoms. The van der Waals surface area contributed by atoms with Gasteiger partial charge in [-0.1, -0.05) is 12.8 Å². The third-order valence-corrected chi connectivity index (χ3v) is 7.45. The predicted molar refractivity (Wildman–Crippen MR) is 97.8 cm³/mol. The molecule has 27 heavy (non-hydrogen) atoms. The Kier molecular flexibility index (Phi) is 4.81. The van der Waals surface area contributed by atoms with E-state index in [4.69, 9.17) is 4.42 Å². The van der Waals surface area contributed by atoms with Crippen LogP contribution in [0.15, 0.2) is 33.9 Å². The van der Waals surface area contributed by atoms with Gasteiger partial charge in [-0.2, -0.15) is 9.40 Å². The molecule has 0 aromatic carbocycles. The van der Waals surface area contributed by atoms with E-state index < -0.39 is 10.0 Å². The molecule has 9 heteroatoms. The van der Waals surface area contributed by atoms with Crippen molar-refractivity contribution in [2.75, 3.05) is 26.2 Å². The SMILES string of the molecule is Cc1nn(C2CCCC2)cc1S(=O)(=O)N1CCN(C(=O)c2ccco2)CC1. The van der Waals surface area contributed by atoms with Crippen LogP contribution in [0.4, 0.5) is 0 Å². The van der Waals surface area contributed by atoms with Crippen molar-refractivity contribution in [3.05, 3.63) is 36.0 Å². The van der Waals surface area contributed by atoms with Crippen molar-refractivity contribution in [3.8, 4) is 0 Å². The number of carbonyl (C=O) groups excluding carboxylic acids is 1. The number of hydrogen-bond donors (Lipinski definition) is 0. The fraction of sp³-hybridized carbons (Fsp3) is 0.556. The molecule has 2 aliphatic rings. The fourth-order valence-electron chi connectivity index (χ4n) is 3.90. The molecule has 2 fully saturated rings. The highest BCUT2D eigenvalue weighted by molar-refractivity contribution is 7.89. The van der Waals surface area contributed by atoms with Crippen LogP contribution in [-0.2, 0) is 10.0 Å². The first kappa shape index (κ1) is 18.2. The zero-order valence-corrected chi connectivity index (χ0v) is 16.2. The van der Waals surface area contributed by atoms with Gasteiger partial charge in [0.15, 0.2) is 5.76 Å². The lowest BCUT2D eigenvalue weighted by Gasteiger charge is -2.33. The minimum Gasteiger partial charge on any atom is -0.459 e. The molecule has 146 valence electrons. The molecule has 2 aromatic rings. The highest BCUT2D eigenvalue weighted by Crippen LogP contribution is 2.31. The minimum atomic E-state index is -3.62. The molecule has 2 aromatic heterocycles. The summed E-state index contributed by atoms with van der Waals surface area (Å²) in [6.07, 6.45) is 7.57. The van der Waals surface area contributed by atoms with Crippen molar-refractivity contribution >= 4 is 15.9 Å². The number of hydrogen-bond acceptors (Lipinski definition) is 5. The van der Waals surface area contributed by atoms with Gasteiger partial charge in [0.1, 0.15) is 4.90 Å². The Bertz CT molecular complexity index is 905. The van der Waals surface area contributed by atoms with Crippen LogP contribution in [0, 0.1) is 6.92 Å². The van der Waals surface area contributed by atoms with Crippen LogP contribution in [-0.4, -0.2) is 59.5 Å². The number of piperazine rings is 1. The molecule has 3 heterocycles. The van der Waals surface area contributed by atoms with Crippen molar-refractivity contribution in [3.63, 3.8) is 0 Å². The topological polar surface area (TPSA) is 88.7 Å². The van der Waals surface area contributed by atoms with Crippen LogP contribution in [0.3, 0.4) is 0 Å². The summed E-state index contributed by atoms with van der Waals surface area (Å²) in [5.74, 6) is 0.0715. The van der Waals surface area contributed by atoms with Gasteiger partial charge in [-0.25, -0.2) is 8.42 Å². The van der Waals surface area contributed by atoms with E-state index >= 15 is 0 Å². The molecule has 0 bridgehead atoms. The van der Waals surface area contributed by atoms with Crippen molar-refractivity contribution in [2.24, 2.45) is 0 Å². The quantitative estimate of drug-likeness (QED) is 0.794. The normalized spacial score (nSPS) is 19.7. The second-order valence-electron chi connectivity index (χ2n) is 7.17. The molecule has 0 radical (unpaired) electrons. The van der Waals surface area contributed by atoms with Gasteiger partial charge in [0.05, 0.1) is 18.0 Å². The summed E-state index contributed by atoms with van der Waals surface area (Å²) in [6, 6.07) is 3.58. The van der Waals surface area contributed by atoms with E-state index in [2.05, 4.69) is 5.10 Å². The van der Waals surface area contributed by atoms with Crippen LogP contribution in [0.5, 0.6) is 0 Å². The number of aromatic nitrogens is 2. The van der Waals surface area contributed by atoms with Crippen molar-refractivity contribution in [1.29, 1.82) is 0 Å². The molecule has 1 amide bonds. The Morgan fingerprint density at radius 3 is 2.52 bits per heavy atom. The summed E-state index contributed by atoms with van der Waals surface area (Å²) >= 11 is 0. The maximum absolute atomic E-state index is 13.1. The van der Waals surface area contributed by atoms with E-state index in [-0.39, 0.29) is 29.7 Å². The summed E-state index contributed by atoms with van der Waals surface area (Å²) in [5.41, 5.74) is 0.538. The molecule has 0 N–H and O–H groups in total. The molecule has 1 aliphatic carbocycles. The Balaban J connectivity index is 1.46. The zero-order valence-electron chi connectivity index (χ0n) is 15.4. The number of carbonyl (C=O) groups is 1. The maximum atomic E-state index is 13.1. The Morgan fingerprint density at radius 1 is 1.19 bits per heavy atom. The minimum absolute atomic E-state index is 0.206. The van der Waals surface area contributed by atoms with Gasteiger partial charge < -0.3 is 9.32 Å². The van der Waals surface area contributed by atoms with Crippen LogP contribution in [0.1, 0.15) is 48.0 Å². The zero-order chi connectivity index (χ0) is 19.0. The van der Waals surface area contributed by atoms with Crippen LogP contribution in [0.25, 0.3) is 0 Å². The summed E-state index contributed by atoms with van der Waals surface area (Å²) < 4.78 is 34.6. The predicted octanol–water partition coefficient (Wildman–Crippen LogP) is 2.05. The molecular formula is C18H24N4O4S. The summed E-state index contributed by atoms with van der Waals surface area (Å²) in [4.78, 5) is 14.2. The van der Waals surface area contributed by atoms with E-state index in [1.807, 2.05) is 4.68 Å². The average Bonchev–Trinajstić information content (AvgIpc) is 3.42. The van der Waals surface area contributed by atoms with E-state index in [0.29, 0.717) is 24.8 Å². The molecule has 0 unspecified atom stereocenters. The number of sulfonamides is 1. The summed E-state index contributed by atoms with van der Waals surface area (Å²) in [5, 5.41) is 4.46. The van der Waals surface area contributed by atoms with E-state index in [9.17, 15) is 13.2 Å². The van der Waals surface area contributed by atoms with Crippen LogP contribution in [0.2, 0.25) is 0 Å². The second kappa shape index (κ2) is 7.12.